The van der Waals surface area contributed by atoms with Crippen LogP contribution < -0.4 is 4.74 Å². The van der Waals surface area contributed by atoms with Crippen LogP contribution in [0.1, 0.15) is 5.56 Å². The number of thiocarbonyl (C=S) groups is 1. The molecule has 1 amide bonds. The second-order valence-corrected chi connectivity index (χ2v) is 5.65. The minimum absolute atomic E-state index is 0.00369. The Bertz CT molecular complexity index is 610. The normalized spacial score (nSPS) is 16.9. The zero-order chi connectivity index (χ0) is 14.7. The van der Waals surface area contributed by atoms with Gasteiger partial charge in [0.05, 0.1) is 12.0 Å². The molecule has 6 heteroatoms. The van der Waals surface area contributed by atoms with Crippen LogP contribution in [0.2, 0.25) is 0 Å². The highest BCUT2D eigenvalue weighted by atomic mass is 32.2. The average Bonchev–Trinajstić information content (AvgIpc) is 2.69. The minimum Gasteiger partial charge on any atom is -0.504 e. The molecule has 1 fully saturated rings. The van der Waals surface area contributed by atoms with Crippen molar-refractivity contribution >= 4 is 40.3 Å². The lowest BCUT2D eigenvalue weighted by Gasteiger charge is -2.10. The van der Waals surface area contributed by atoms with E-state index in [9.17, 15) is 9.90 Å². The number of hydrogen-bond donors (Lipinski definition) is 1. The Labute approximate surface area is 126 Å². The summed E-state index contributed by atoms with van der Waals surface area (Å²) in [5.74, 6) is 0.187. The summed E-state index contributed by atoms with van der Waals surface area (Å²) in [5, 5.41) is 10.0. The first-order valence-electron chi connectivity index (χ1n) is 5.80. The van der Waals surface area contributed by atoms with Crippen molar-refractivity contribution in [2.75, 3.05) is 13.7 Å². The fraction of sp³-hybridized carbons (Fsp3) is 0.143. The Hall–Kier alpha value is -1.79. The average molecular weight is 307 g/mol. The summed E-state index contributed by atoms with van der Waals surface area (Å²) >= 11 is 6.36. The number of phenols is 1. The number of methoxy groups -OCH3 is 1. The summed E-state index contributed by atoms with van der Waals surface area (Å²) in [6.07, 6.45) is 3.23. The van der Waals surface area contributed by atoms with Crippen molar-refractivity contribution in [1.82, 2.24) is 4.90 Å². The van der Waals surface area contributed by atoms with E-state index in [0.717, 1.165) is 0 Å². The molecule has 0 saturated carbocycles. The molecular weight excluding hydrogens is 294 g/mol. The summed E-state index contributed by atoms with van der Waals surface area (Å²) in [5.41, 5.74) is 0.517. The van der Waals surface area contributed by atoms with E-state index < -0.39 is 0 Å². The van der Waals surface area contributed by atoms with E-state index in [1.165, 1.54) is 23.8 Å². The molecule has 1 aliphatic rings. The van der Waals surface area contributed by atoms with Gasteiger partial charge in [-0.2, -0.15) is 0 Å². The standard InChI is InChI=1S/C14H13NO3S2/c1-3-7-15-13(17)11(20-14(15)19)8-9-5-4-6-10(18-2)12(9)16/h3-6,8,16H,1,7H2,2H3/b11-8-. The van der Waals surface area contributed by atoms with Crippen molar-refractivity contribution in [3.05, 3.63) is 41.3 Å². The number of nitrogens with zero attached hydrogens (tertiary/aromatic N) is 1. The van der Waals surface area contributed by atoms with Crippen molar-refractivity contribution in [2.24, 2.45) is 0 Å². The number of benzene rings is 1. The van der Waals surface area contributed by atoms with Gasteiger partial charge in [0, 0.05) is 12.1 Å². The molecule has 1 aliphatic heterocycles. The maximum atomic E-state index is 12.2. The lowest BCUT2D eigenvalue weighted by molar-refractivity contribution is -0.121. The second-order valence-electron chi connectivity index (χ2n) is 3.98. The third kappa shape index (κ3) is 2.71. The number of thioether (sulfide) groups is 1. The van der Waals surface area contributed by atoms with Crippen LogP contribution in [0, 0.1) is 0 Å². The number of phenolic OH excluding ortho intramolecular Hbond substituents is 1. The number of ether oxygens (including phenoxy) is 1. The zero-order valence-corrected chi connectivity index (χ0v) is 12.5. The van der Waals surface area contributed by atoms with Gasteiger partial charge in [0.25, 0.3) is 5.91 Å². The smallest absolute Gasteiger partial charge is 0.266 e. The maximum absolute atomic E-state index is 12.2. The van der Waals surface area contributed by atoms with Crippen LogP contribution in [0.4, 0.5) is 0 Å². The van der Waals surface area contributed by atoms with Crippen molar-refractivity contribution in [3.8, 4) is 11.5 Å². The van der Waals surface area contributed by atoms with Gasteiger partial charge in [-0.25, -0.2) is 0 Å². The number of carbonyl (C=O) groups is 1. The number of para-hydroxylation sites is 1. The predicted octanol–water partition coefficient (Wildman–Crippen LogP) is 2.79. The molecule has 104 valence electrons. The first-order valence-corrected chi connectivity index (χ1v) is 7.03. The van der Waals surface area contributed by atoms with E-state index in [1.807, 2.05) is 0 Å². The van der Waals surface area contributed by atoms with Gasteiger partial charge < -0.3 is 9.84 Å². The molecule has 0 aromatic heterocycles. The lowest BCUT2D eigenvalue weighted by Crippen LogP contribution is -2.27. The molecule has 1 saturated heterocycles. The van der Waals surface area contributed by atoms with E-state index in [0.29, 0.717) is 27.1 Å². The zero-order valence-electron chi connectivity index (χ0n) is 10.8. The highest BCUT2D eigenvalue weighted by Gasteiger charge is 2.31. The molecule has 1 aromatic rings. The predicted molar refractivity (Wildman–Crippen MR) is 84.7 cm³/mol. The van der Waals surface area contributed by atoms with Crippen LogP contribution in [-0.4, -0.2) is 33.9 Å². The van der Waals surface area contributed by atoms with E-state index in [2.05, 4.69) is 6.58 Å². The van der Waals surface area contributed by atoms with Crippen LogP contribution in [0.25, 0.3) is 6.08 Å². The molecule has 4 nitrogen and oxygen atoms in total. The first-order chi connectivity index (χ1) is 9.58. The molecule has 0 spiro atoms. The van der Waals surface area contributed by atoms with Crippen LogP contribution in [0.5, 0.6) is 11.5 Å². The van der Waals surface area contributed by atoms with E-state index in [-0.39, 0.29) is 11.7 Å². The fourth-order valence-corrected chi connectivity index (χ4v) is 3.01. The molecule has 1 aromatic carbocycles. The second kappa shape index (κ2) is 6.11. The van der Waals surface area contributed by atoms with Gasteiger partial charge in [-0.1, -0.05) is 42.2 Å². The van der Waals surface area contributed by atoms with Crippen LogP contribution >= 0.6 is 24.0 Å². The molecule has 0 aliphatic carbocycles. The van der Waals surface area contributed by atoms with Crippen LogP contribution in [0.15, 0.2) is 35.8 Å². The summed E-state index contributed by atoms with van der Waals surface area (Å²) in [4.78, 5) is 14.1. The van der Waals surface area contributed by atoms with Gasteiger partial charge in [0.1, 0.15) is 4.32 Å². The maximum Gasteiger partial charge on any atom is 0.266 e. The summed E-state index contributed by atoms with van der Waals surface area (Å²) in [7, 11) is 1.47. The van der Waals surface area contributed by atoms with Crippen LogP contribution in [0.3, 0.4) is 0 Å². The van der Waals surface area contributed by atoms with Crippen molar-refractivity contribution in [2.45, 2.75) is 0 Å². The Balaban J connectivity index is 2.35. The Morgan fingerprint density at radius 2 is 2.30 bits per heavy atom. The highest BCUT2D eigenvalue weighted by molar-refractivity contribution is 8.26. The quantitative estimate of drug-likeness (QED) is 0.526. The van der Waals surface area contributed by atoms with Gasteiger partial charge in [0.15, 0.2) is 11.5 Å². The molecular formula is C14H13NO3S2. The monoisotopic (exact) mass is 307 g/mol. The number of aromatic hydroxyl groups is 1. The van der Waals surface area contributed by atoms with E-state index in [4.69, 9.17) is 17.0 Å². The topological polar surface area (TPSA) is 49.8 Å². The summed E-state index contributed by atoms with van der Waals surface area (Å²) in [6, 6.07) is 5.10. The fourth-order valence-electron chi connectivity index (χ4n) is 1.75. The SMILES string of the molecule is C=CCN1C(=O)/C(=C/c2cccc(OC)c2O)SC1=S. The molecule has 1 heterocycles. The van der Waals surface area contributed by atoms with Crippen LogP contribution in [-0.2, 0) is 4.79 Å². The summed E-state index contributed by atoms with van der Waals surface area (Å²) in [6.45, 7) is 3.98. The molecule has 0 atom stereocenters. The minimum atomic E-state index is -0.179. The number of amides is 1. The molecule has 0 unspecified atom stereocenters. The van der Waals surface area contributed by atoms with Gasteiger partial charge >= 0.3 is 0 Å². The Morgan fingerprint density at radius 1 is 1.55 bits per heavy atom. The Morgan fingerprint density at radius 3 is 2.95 bits per heavy atom. The lowest BCUT2D eigenvalue weighted by atomic mass is 10.1. The van der Waals surface area contributed by atoms with E-state index >= 15 is 0 Å². The van der Waals surface area contributed by atoms with Gasteiger partial charge in [0.2, 0.25) is 0 Å². The number of carbonyl (C=O) groups excluding carboxylic acids is 1. The molecule has 0 bridgehead atoms. The number of rotatable bonds is 4. The largest absolute Gasteiger partial charge is 0.504 e. The molecule has 20 heavy (non-hydrogen) atoms. The van der Waals surface area contributed by atoms with E-state index in [1.54, 1.807) is 30.4 Å². The number of hydrogen-bond acceptors (Lipinski definition) is 5. The Kier molecular flexibility index (Phi) is 4.46. The first kappa shape index (κ1) is 14.6. The molecule has 0 radical (unpaired) electrons. The highest BCUT2D eigenvalue weighted by Crippen LogP contribution is 2.36. The van der Waals surface area contributed by atoms with Crippen molar-refractivity contribution < 1.29 is 14.6 Å². The van der Waals surface area contributed by atoms with Gasteiger partial charge in [-0.15, -0.1) is 6.58 Å². The van der Waals surface area contributed by atoms with Gasteiger partial charge in [-0.05, 0) is 12.1 Å². The molecule has 2 rings (SSSR count). The van der Waals surface area contributed by atoms with Crippen molar-refractivity contribution in [1.29, 1.82) is 0 Å². The third-order valence-electron chi connectivity index (χ3n) is 2.72. The van der Waals surface area contributed by atoms with Crippen molar-refractivity contribution in [3.63, 3.8) is 0 Å². The molecule has 1 N–H and O–H groups in total. The van der Waals surface area contributed by atoms with Gasteiger partial charge in [-0.3, -0.25) is 9.69 Å². The summed E-state index contributed by atoms with van der Waals surface area (Å²) < 4.78 is 5.53. The third-order valence-corrected chi connectivity index (χ3v) is 4.10.